The second kappa shape index (κ2) is 9.69. The number of benzene rings is 2. The van der Waals surface area contributed by atoms with E-state index in [9.17, 15) is 10.1 Å². The summed E-state index contributed by atoms with van der Waals surface area (Å²) in [7, 11) is 0. The normalized spacial score (nSPS) is 15.4. The number of nitrogens with zero attached hydrogens (tertiary/aromatic N) is 2. The number of anilines is 1. The Kier molecular flexibility index (Phi) is 6.59. The molecule has 1 atom stereocenters. The van der Waals surface area contributed by atoms with Crippen LogP contribution in [0.2, 0.25) is 5.02 Å². The van der Waals surface area contributed by atoms with E-state index in [1.807, 2.05) is 48.5 Å². The molecule has 2 aromatic heterocycles. The lowest BCUT2D eigenvalue weighted by atomic mass is 9.69. The van der Waals surface area contributed by atoms with Gasteiger partial charge in [-0.05, 0) is 54.4 Å². The van der Waals surface area contributed by atoms with Crippen LogP contribution in [0.4, 0.5) is 5.00 Å². The van der Waals surface area contributed by atoms with Crippen molar-refractivity contribution in [3.05, 3.63) is 81.2 Å². The number of nitrogens with one attached hydrogen (secondary N) is 1. The molecule has 2 aromatic carbocycles. The summed E-state index contributed by atoms with van der Waals surface area (Å²) < 4.78 is 0. The molecular formula is C30H28ClN3OS. The average Bonchev–Trinajstić information content (AvgIpc) is 3.24. The summed E-state index contributed by atoms with van der Waals surface area (Å²) in [5.74, 6) is 0.327. The van der Waals surface area contributed by atoms with Crippen molar-refractivity contribution in [2.75, 3.05) is 5.32 Å². The molecule has 0 aliphatic heterocycles. The van der Waals surface area contributed by atoms with Gasteiger partial charge in [0.1, 0.15) is 11.1 Å². The number of nitriles is 1. The van der Waals surface area contributed by atoms with Gasteiger partial charge in [0.25, 0.3) is 5.91 Å². The first kappa shape index (κ1) is 24.5. The first-order chi connectivity index (χ1) is 17.3. The maximum absolute atomic E-state index is 13.7. The minimum Gasteiger partial charge on any atom is -0.312 e. The molecule has 36 heavy (non-hydrogen) atoms. The highest BCUT2D eigenvalue weighted by molar-refractivity contribution is 7.16. The van der Waals surface area contributed by atoms with E-state index < -0.39 is 0 Å². The zero-order valence-electron chi connectivity index (χ0n) is 20.7. The van der Waals surface area contributed by atoms with E-state index in [1.165, 1.54) is 4.88 Å². The molecule has 0 spiro atoms. The van der Waals surface area contributed by atoms with Crippen molar-refractivity contribution >= 4 is 44.7 Å². The van der Waals surface area contributed by atoms with E-state index in [2.05, 4.69) is 32.2 Å². The Hall–Kier alpha value is -3.20. The molecule has 0 saturated carbocycles. The Labute approximate surface area is 221 Å². The molecule has 5 rings (SSSR count). The van der Waals surface area contributed by atoms with E-state index in [4.69, 9.17) is 16.6 Å². The third-order valence-corrected chi connectivity index (χ3v) is 9.23. The lowest BCUT2D eigenvalue weighted by Crippen LogP contribution is -2.28. The maximum atomic E-state index is 13.7. The lowest BCUT2D eigenvalue weighted by molar-refractivity contribution is 0.102. The minimum atomic E-state index is -0.248. The van der Waals surface area contributed by atoms with Crippen LogP contribution in [0.5, 0.6) is 0 Å². The topological polar surface area (TPSA) is 65.8 Å². The zero-order chi connectivity index (χ0) is 25.4. The van der Waals surface area contributed by atoms with Crippen LogP contribution in [0.1, 0.15) is 60.0 Å². The molecule has 0 saturated heterocycles. The van der Waals surface area contributed by atoms with Crippen LogP contribution in [-0.2, 0) is 12.8 Å². The summed E-state index contributed by atoms with van der Waals surface area (Å²) in [4.78, 5) is 19.7. The van der Waals surface area contributed by atoms with Crippen LogP contribution < -0.4 is 5.32 Å². The van der Waals surface area contributed by atoms with Crippen molar-refractivity contribution in [1.82, 2.24) is 4.98 Å². The van der Waals surface area contributed by atoms with Crippen LogP contribution in [0.25, 0.3) is 22.2 Å². The van der Waals surface area contributed by atoms with Crippen LogP contribution in [-0.4, -0.2) is 10.9 Å². The monoisotopic (exact) mass is 513 g/mol. The number of hydrogen-bond donors (Lipinski definition) is 1. The predicted octanol–water partition coefficient (Wildman–Crippen LogP) is 8.28. The van der Waals surface area contributed by atoms with Crippen molar-refractivity contribution in [2.24, 2.45) is 11.3 Å². The molecular weight excluding hydrogens is 486 g/mol. The van der Waals surface area contributed by atoms with Crippen LogP contribution in [0, 0.1) is 22.7 Å². The van der Waals surface area contributed by atoms with Gasteiger partial charge in [0.15, 0.2) is 0 Å². The third kappa shape index (κ3) is 4.40. The summed E-state index contributed by atoms with van der Waals surface area (Å²) in [6.45, 7) is 6.90. The number of pyridine rings is 1. The van der Waals surface area contributed by atoms with Gasteiger partial charge in [-0.1, -0.05) is 75.2 Å². The molecule has 1 unspecified atom stereocenters. The number of halogens is 1. The number of thiophene rings is 1. The van der Waals surface area contributed by atoms with Crippen molar-refractivity contribution in [2.45, 2.75) is 46.5 Å². The molecule has 4 nitrogen and oxygen atoms in total. The Morgan fingerprint density at radius 1 is 1.22 bits per heavy atom. The highest BCUT2D eigenvalue weighted by Crippen LogP contribution is 2.45. The van der Waals surface area contributed by atoms with Gasteiger partial charge >= 0.3 is 0 Å². The Balaban J connectivity index is 1.53. The third-order valence-electron chi connectivity index (χ3n) is 7.73. The largest absolute Gasteiger partial charge is 0.312 e. The van der Waals surface area contributed by atoms with Crippen molar-refractivity contribution in [3.8, 4) is 17.3 Å². The number of aromatic nitrogens is 1. The van der Waals surface area contributed by atoms with E-state index in [0.717, 1.165) is 47.7 Å². The fraction of sp³-hybridized carbons (Fsp3) is 0.300. The van der Waals surface area contributed by atoms with E-state index in [1.54, 1.807) is 17.4 Å². The molecule has 4 aromatic rings. The molecule has 1 aliphatic rings. The summed E-state index contributed by atoms with van der Waals surface area (Å²) in [6, 6.07) is 19.3. The molecule has 0 bridgehead atoms. The minimum absolute atomic E-state index is 0.248. The number of para-hydroxylation sites is 1. The predicted molar refractivity (Wildman–Crippen MR) is 149 cm³/mol. The van der Waals surface area contributed by atoms with E-state index in [0.29, 0.717) is 32.8 Å². The van der Waals surface area contributed by atoms with Gasteiger partial charge in [-0.3, -0.25) is 4.79 Å². The van der Waals surface area contributed by atoms with Crippen LogP contribution >= 0.6 is 22.9 Å². The lowest BCUT2D eigenvalue weighted by Gasteiger charge is -2.36. The van der Waals surface area contributed by atoms with E-state index in [-0.39, 0.29) is 11.3 Å². The Morgan fingerprint density at radius 2 is 1.97 bits per heavy atom. The molecule has 0 fully saturated rings. The number of amides is 1. The smallest absolute Gasteiger partial charge is 0.257 e. The summed E-state index contributed by atoms with van der Waals surface area (Å²) in [5, 5.41) is 15.1. The quantitative estimate of drug-likeness (QED) is 0.292. The first-order valence-corrected chi connectivity index (χ1v) is 13.5. The molecule has 0 radical (unpaired) electrons. The summed E-state index contributed by atoms with van der Waals surface area (Å²) in [6.07, 6.45) is 4.03. The molecule has 1 amide bonds. The summed E-state index contributed by atoms with van der Waals surface area (Å²) in [5.41, 5.74) is 4.61. The standard InChI is InChI=1S/C30H28ClN3OS/c1-4-30(2,3)18-13-14-20-23(17-32)29(36-27(20)15-18)34-28(35)22-16-26(21-10-5-7-11-24(21)31)33-25-12-8-6-9-19(22)25/h5-12,16,18H,4,13-15H2,1-3H3,(H,34,35). The molecule has 182 valence electrons. The highest BCUT2D eigenvalue weighted by Gasteiger charge is 2.34. The Bertz CT molecular complexity index is 1510. The zero-order valence-corrected chi connectivity index (χ0v) is 22.3. The SMILES string of the molecule is CCC(C)(C)C1CCc2c(sc(NC(=O)c3cc(-c4ccccc4Cl)nc4ccccc34)c2C#N)C1. The van der Waals surface area contributed by atoms with Gasteiger partial charge in [-0.15, -0.1) is 11.3 Å². The second-order valence-electron chi connectivity index (χ2n) is 10.1. The van der Waals surface area contributed by atoms with Gasteiger partial charge in [0.05, 0.1) is 22.3 Å². The molecule has 2 heterocycles. The summed E-state index contributed by atoms with van der Waals surface area (Å²) >= 11 is 8.01. The van der Waals surface area contributed by atoms with Gasteiger partial charge in [0, 0.05) is 20.8 Å². The van der Waals surface area contributed by atoms with Gasteiger partial charge in [-0.25, -0.2) is 4.98 Å². The van der Waals surface area contributed by atoms with Crippen LogP contribution in [0.15, 0.2) is 54.6 Å². The molecule has 1 aliphatic carbocycles. The fourth-order valence-corrected chi connectivity index (χ4v) is 6.59. The number of fused-ring (bicyclic) bond motifs is 2. The molecule has 1 N–H and O–H groups in total. The fourth-order valence-electron chi connectivity index (χ4n) is 5.09. The number of hydrogen-bond acceptors (Lipinski definition) is 4. The average molecular weight is 514 g/mol. The van der Waals surface area contributed by atoms with Crippen LogP contribution in [0.3, 0.4) is 0 Å². The van der Waals surface area contributed by atoms with Crippen molar-refractivity contribution in [3.63, 3.8) is 0 Å². The highest BCUT2D eigenvalue weighted by atomic mass is 35.5. The molecule has 6 heteroatoms. The second-order valence-corrected chi connectivity index (χ2v) is 11.6. The Morgan fingerprint density at radius 3 is 2.72 bits per heavy atom. The number of carbonyl (C=O) groups excluding carboxylic acids is 1. The maximum Gasteiger partial charge on any atom is 0.257 e. The van der Waals surface area contributed by atoms with Crippen molar-refractivity contribution < 1.29 is 4.79 Å². The number of rotatable bonds is 5. The first-order valence-electron chi connectivity index (χ1n) is 12.3. The van der Waals surface area contributed by atoms with Crippen molar-refractivity contribution in [1.29, 1.82) is 5.26 Å². The number of carbonyl (C=O) groups is 1. The van der Waals surface area contributed by atoms with Gasteiger partial charge in [0.2, 0.25) is 0 Å². The van der Waals surface area contributed by atoms with Gasteiger partial charge in [-0.2, -0.15) is 5.26 Å². The van der Waals surface area contributed by atoms with E-state index >= 15 is 0 Å². The van der Waals surface area contributed by atoms with Gasteiger partial charge < -0.3 is 5.32 Å².